The number of benzene rings is 2. The van der Waals surface area contributed by atoms with Crippen molar-refractivity contribution in [2.24, 2.45) is 0 Å². The highest BCUT2D eigenvalue weighted by atomic mass is 35.5. The van der Waals surface area contributed by atoms with Crippen LogP contribution in [0.1, 0.15) is 12.5 Å². The molecule has 0 aliphatic carbocycles. The Balaban J connectivity index is 2.01. The second-order valence-electron chi connectivity index (χ2n) is 5.03. The lowest BCUT2D eigenvalue weighted by molar-refractivity contribution is -0.133. The van der Waals surface area contributed by atoms with Gasteiger partial charge in [0.15, 0.2) is 0 Å². The Bertz CT molecular complexity index is 704. The molecule has 0 saturated heterocycles. The van der Waals surface area contributed by atoms with E-state index in [2.05, 4.69) is 5.32 Å². The Morgan fingerprint density at radius 1 is 1.13 bits per heavy atom. The van der Waals surface area contributed by atoms with Gasteiger partial charge in [-0.25, -0.2) is 4.39 Å². The number of hydrogen-bond donors (Lipinski definition) is 1. The molecule has 2 aromatic carbocycles. The smallest absolute Gasteiger partial charge is 0.244 e. The highest BCUT2D eigenvalue weighted by Gasteiger charge is 2.15. The predicted octanol–water partition coefficient (Wildman–Crippen LogP) is 3.47. The number of halogens is 2. The Labute approximate surface area is 138 Å². The summed E-state index contributed by atoms with van der Waals surface area (Å²) in [6.07, 6.45) is 0. The first kappa shape index (κ1) is 17.0. The van der Waals surface area contributed by atoms with E-state index in [1.807, 2.05) is 0 Å². The molecule has 0 unspecified atom stereocenters. The van der Waals surface area contributed by atoms with E-state index in [9.17, 15) is 14.0 Å². The molecule has 0 bridgehead atoms. The molecule has 0 atom stereocenters. The molecule has 2 aromatic rings. The minimum atomic E-state index is -0.520. The van der Waals surface area contributed by atoms with E-state index >= 15 is 0 Å². The molecule has 0 saturated carbocycles. The molecule has 2 rings (SSSR count). The molecule has 0 heterocycles. The van der Waals surface area contributed by atoms with E-state index in [1.165, 1.54) is 30.0 Å². The molecule has 0 radical (unpaired) electrons. The SMILES string of the molecule is CC(=O)N(CC(=O)Nc1ccccc1F)Cc1ccc(Cl)cc1. The van der Waals surface area contributed by atoms with E-state index in [4.69, 9.17) is 11.6 Å². The van der Waals surface area contributed by atoms with Gasteiger partial charge in [0.1, 0.15) is 12.4 Å². The number of nitrogens with one attached hydrogen (secondary N) is 1. The Morgan fingerprint density at radius 3 is 2.39 bits per heavy atom. The number of carbonyl (C=O) groups is 2. The van der Waals surface area contributed by atoms with Crippen LogP contribution >= 0.6 is 11.6 Å². The van der Waals surface area contributed by atoms with Gasteiger partial charge in [0.2, 0.25) is 11.8 Å². The molecule has 120 valence electrons. The maximum Gasteiger partial charge on any atom is 0.244 e. The summed E-state index contributed by atoms with van der Waals surface area (Å²) in [5, 5.41) is 3.06. The van der Waals surface area contributed by atoms with Crippen molar-refractivity contribution in [3.63, 3.8) is 0 Å². The number of amides is 2. The van der Waals surface area contributed by atoms with Crippen LogP contribution in [0.2, 0.25) is 5.02 Å². The van der Waals surface area contributed by atoms with Crippen LogP contribution < -0.4 is 5.32 Å². The molecule has 2 amide bonds. The summed E-state index contributed by atoms with van der Waals surface area (Å²) in [5.41, 5.74) is 0.941. The van der Waals surface area contributed by atoms with Gasteiger partial charge in [-0.15, -0.1) is 0 Å². The lowest BCUT2D eigenvalue weighted by Crippen LogP contribution is -2.36. The van der Waals surface area contributed by atoms with Crippen LogP contribution in [0.25, 0.3) is 0 Å². The molecule has 0 aromatic heterocycles. The quantitative estimate of drug-likeness (QED) is 0.910. The summed E-state index contributed by atoms with van der Waals surface area (Å²) in [4.78, 5) is 25.1. The van der Waals surface area contributed by atoms with E-state index in [1.54, 1.807) is 30.3 Å². The predicted molar refractivity (Wildman–Crippen MR) is 87.6 cm³/mol. The second-order valence-corrected chi connectivity index (χ2v) is 5.47. The van der Waals surface area contributed by atoms with Crippen LogP contribution in [0, 0.1) is 5.82 Å². The van der Waals surface area contributed by atoms with Crippen LogP contribution in [0.15, 0.2) is 48.5 Å². The van der Waals surface area contributed by atoms with Crippen LogP contribution in [0.4, 0.5) is 10.1 Å². The fourth-order valence-electron chi connectivity index (χ4n) is 2.01. The zero-order valence-electron chi connectivity index (χ0n) is 12.6. The van der Waals surface area contributed by atoms with E-state index < -0.39 is 11.7 Å². The summed E-state index contributed by atoms with van der Waals surface area (Å²) in [6, 6.07) is 12.9. The zero-order valence-corrected chi connectivity index (χ0v) is 13.3. The van der Waals surface area contributed by atoms with Crippen LogP contribution in [-0.2, 0) is 16.1 Å². The average Bonchev–Trinajstić information content (AvgIpc) is 2.51. The standard InChI is InChI=1S/C17H16ClFN2O2/c1-12(22)21(10-13-6-8-14(18)9-7-13)11-17(23)20-16-5-3-2-4-15(16)19/h2-9H,10-11H2,1H3,(H,20,23). The molecule has 0 spiro atoms. The minimum absolute atomic E-state index is 0.0903. The number of rotatable bonds is 5. The molecule has 23 heavy (non-hydrogen) atoms. The van der Waals surface area contributed by atoms with Gasteiger partial charge >= 0.3 is 0 Å². The van der Waals surface area contributed by atoms with Gasteiger partial charge in [0.05, 0.1) is 5.69 Å². The van der Waals surface area contributed by atoms with Crippen molar-refractivity contribution in [2.45, 2.75) is 13.5 Å². The van der Waals surface area contributed by atoms with Gasteiger partial charge in [-0.3, -0.25) is 9.59 Å². The van der Waals surface area contributed by atoms with Crippen LogP contribution in [0.3, 0.4) is 0 Å². The van der Waals surface area contributed by atoms with Crippen LogP contribution in [-0.4, -0.2) is 23.3 Å². The Hall–Kier alpha value is -2.40. The molecule has 1 N–H and O–H groups in total. The van der Waals surface area contributed by atoms with Crippen molar-refractivity contribution in [3.8, 4) is 0 Å². The fourth-order valence-corrected chi connectivity index (χ4v) is 2.14. The van der Waals surface area contributed by atoms with Gasteiger partial charge in [0, 0.05) is 18.5 Å². The van der Waals surface area contributed by atoms with E-state index in [0.29, 0.717) is 5.02 Å². The number of nitrogens with zero attached hydrogens (tertiary/aromatic N) is 1. The summed E-state index contributed by atoms with van der Waals surface area (Å²) < 4.78 is 13.5. The molecule has 6 heteroatoms. The summed E-state index contributed by atoms with van der Waals surface area (Å²) >= 11 is 5.82. The fraction of sp³-hybridized carbons (Fsp3) is 0.176. The van der Waals surface area contributed by atoms with Crippen LogP contribution in [0.5, 0.6) is 0 Å². The van der Waals surface area contributed by atoms with Crippen molar-refractivity contribution >= 4 is 29.1 Å². The summed E-state index contributed by atoms with van der Waals surface area (Å²) in [6.45, 7) is 1.50. The van der Waals surface area contributed by atoms with Crippen molar-refractivity contribution < 1.29 is 14.0 Å². The van der Waals surface area contributed by atoms with Gasteiger partial charge < -0.3 is 10.2 Å². The number of para-hydroxylation sites is 1. The molecule has 0 aliphatic heterocycles. The number of carbonyl (C=O) groups excluding carboxylic acids is 2. The van der Waals surface area contributed by atoms with Gasteiger partial charge in [-0.05, 0) is 29.8 Å². The lowest BCUT2D eigenvalue weighted by Gasteiger charge is -2.20. The highest BCUT2D eigenvalue weighted by Crippen LogP contribution is 2.14. The van der Waals surface area contributed by atoms with Gasteiger partial charge in [0.25, 0.3) is 0 Å². The van der Waals surface area contributed by atoms with Gasteiger partial charge in [-0.1, -0.05) is 35.9 Å². The van der Waals surface area contributed by atoms with E-state index in [0.717, 1.165) is 5.56 Å². The zero-order chi connectivity index (χ0) is 16.8. The second kappa shape index (κ2) is 7.74. The first-order valence-corrected chi connectivity index (χ1v) is 7.38. The van der Waals surface area contributed by atoms with E-state index in [-0.39, 0.29) is 24.7 Å². The highest BCUT2D eigenvalue weighted by molar-refractivity contribution is 6.30. The lowest BCUT2D eigenvalue weighted by atomic mass is 10.2. The third-order valence-electron chi connectivity index (χ3n) is 3.21. The normalized spacial score (nSPS) is 10.2. The molecule has 0 fully saturated rings. The summed E-state index contributed by atoms with van der Waals surface area (Å²) in [5.74, 6) is -1.23. The molecule has 0 aliphatic rings. The topological polar surface area (TPSA) is 49.4 Å². The maximum absolute atomic E-state index is 13.5. The third-order valence-corrected chi connectivity index (χ3v) is 3.47. The molecule has 4 nitrogen and oxygen atoms in total. The summed E-state index contributed by atoms with van der Waals surface area (Å²) in [7, 11) is 0. The first-order chi connectivity index (χ1) is 11.0. The molecular weight excluding hydrogens is 319 g/mol. The largest absolute Gasteiger partial charge is 0.329 e. The average molecular weight is 335 g/mol. The molecular formula is C17H16ClFN2O2. The first-order valence-electron chi connectivity index (χ1n) is 7.00. The monoisotopic (exact) mass is 334 g/mol. The third kappa shape index (κ3) is 5.07. The number of hydrogen-bond acceptors (Lipinski definition) is 2. The van der Waals surface area contributed by atoms with Crippen molar-refractivity contribution in [3.05, 3.63) is 64.9 Å². The maximum atomic E-state index is 13.5. The van der Waals surface area contributed by atoms with Crippen molar-refractivity contribution in [1.82, 2.24) is 4.90 Å². The number of anilines is 1. The minimum Gasteiger partial charge on any atom is -0.329 e. The van der Waals surface area contributed by atoms with Crippen molar-refractivity contribution in [1.29, 1.82) is 0 Å². The Kier molecular flexibility index (Phi) is 5.71. The van der Waals surface area contributed by atoms with Crippen molar-refractivity contribution in [2.75, 3.05) is 11.9 Å². The van der Waals surface area contributed by atoms with Gasteiger partial charge in [-0.2, -0.15) is 0 Å². The Morgan fingerprint density at radius 2 is 1.78 bits per heavy atom.